The molecule has 2 aliphatic rings. The van der Waals surface area contributed by atoms with Crippen molar-refractivity contribution < 1.29 is 18.8 Å². The zero-order valence-electron chi connectivity index (χ0n) is 14.5. The Kier molecular flexibility index (Phi) is 4.68. The Morgan fingerprint density at radius 3 is 2.82 bits per heavy atom. The van der Waals surface area contributed by atoms with Gasteiger partial charge in [-0.3, -0.25) is 14.6 Å². The van der Waals surface area contributed by atoms with Crippen molar-refractivity contribution in [2.45, 2.75) is 24.9 Å². The zero-order valence-corrected chi connectivity index (χ0v) is 15.3. The normalized spacial score (nSPS) is 21.6. The molecule has 28 heavy (non-hydrogen) atoms. The van der Waals surface area contributed by atoms with Crippen LogP contribution >= 0.6 is 11.6 Å². The molecule has 2 aliphatic heterocycles. The number of hydrogen-bond donors (Lipinski definition) is 1. The summed E-state index contributed by atoms with van der Waals surface area (Å²) in [7, 11) is 0. The number of hydrogen-bond acceptors (Lipinski definition) is 5. The average Bonchev–Trinajstić information content (AvgIpc) is 2.95. The summed E-state index contributed by atoms with van der Waals surface area (Å²) in [5.41, 5.74) is 0.400. The molecule has 0 radical (unpaired) electrons. The number of fused-ring (bicyclic) bond motifs is 1. The molecule has 2 saturated heterocycles. The van der Waals surface area contributed by atoms with Crippen molar-refractivity contribution in [2.24, 2.45) is 0 Å². The first-order valence-electron chi connectivity index (χ1n) is 8.62. The van der Waals surface area contributed by atoms with Crippen molar-refractivity contribution in [3.05, 3.63) is 53.3 Å². The molecule has 0 spiro atoms. The van der Waals surface area contributed by atoms with Crippen LogP contribution < -0.4 is 10.2 Å². The summed E-state index contributed by atoms with van der Waals surface area (Å²) < 4.78 is 13.4. The summed E-state index contributed by atoms with van der Waals surface area (Å²) >= 11 is 5.78. The van der Waals surface area contributed by atoms with E-state index in [2.05, 4.69) is 15.3 Å². The summed E-state index contributed by atoms with van der Waals surface area (Å²) in [6, 6.07) is 2.23. The Bertz CT molecular complexity index is 957. The van der Waals surface area contributed by atoms with Crippen LogP contribution in [-0.4, -0.2) is 51.3 Å². The van der Waals surface area contributed by atoms with Crippen molar-refractivity contribution in [2.75, 3.05) is 11.4 Å². The molecule has 0 bridgehead atoms. The second-order valence-electron chi connectivity index (χ2n) is 6.55. The number of rotatable bonds is 3. The van der Waals surface area contributed by atoms with E-state index in [4.69, 9.17) is 11.6 Å². The molecule has 144 valence electrons. The number of halogens is 2. The first-order valence-corrected chi connectivity index (χ1v) is 9.00. The minimum absolute atomic E-state index is 0.169. The lowest BCUT2D eigenvalue weighted by Crippen LogP contribution is -2.49. The van der Waals surface area contributed by atoms with Crippen molar-refractivity contribution in [3.63, 3.8) is 0 Å². The summed E-state index contributed by atoms with van der Waals surface area (Å²) in [5.74, 6) is -1.44. The second kappa shape index (κ2) is 7.16. The largest absolute Gasteiger partial charge is 0.348 e. The van der Waals surface area contributed by atoms with Gasteiger partial charge in [0.2, 0.25) is 0 Å². The van der Waals surface area contributed by atoms with Crippen LogP contribution in [0.3, 0.4) is 0 Å². The molecule has 3 heterocycles. The van der Waals surface area contributed by atoms with Gasteiger partial charge in [0.15, 0.2) is 0 Å². The molecular weight excluding hydrogens is 389 g/mol. The highest BCUT2D eigenvalue weighted by Crippen LogP contribution is 2.32. The molecule has 2 aromatic rings. The Balaban J connectivity index is 1.50. The third-order valence-electron chi connectivity index (χ3n) is 4.84. The maximum Gasteiger partial charge on any atom is 0.332 e. The number of aromatic nitrogens is 2. The fourth-order valence-electron chi connectivity index (χ4n) is 3.47. The molecule has 1 aromatic carbocycles. The molecule has 2 atom stereocenters. The minimum Gasteiger partial charge on any atom is -0.348 e. The highest BCUT2D eigenvalue weighted by molar-refractivity contribution is 6.31. The first kappa shape index (κ1) is 18.3. The standard InChI is InChI=1S/C18H15ClFN5O3/c19-12-8-11(1-2-13(12)20)25-17(27)15-7-10(3-6-24(15)18(25)28)23-16(26)14-9-21-4-5-22-14/h1-2,4-5,8-10,15H,3,6-7H2,(H,23,26)/t10-,15-/m0/s1. The van der Waals surface area contributed by atoms with Crippen LogP contribution in [0.5, 0.6) is 0 Å². The molecule has 1 aromatic heterocycles. The topological polar surface area (TPSA) is 95.5 Å². The lowest BCUT2D eigenvalue weighted by molar-refractivity contribution is -0.120. The van der Waals surface area contributed by atoms with E-state index < -0.39 is 23.8 Å². The lowest BCUT2D eigenvalue weighted by Gasteiger charge is -2.32. The third-order valence-corrected chi connectivity index (χ3v) is 5.13. The third kappa shape index (κ3) is 3.18. The molecule has 2 fully saturated rings. The number of anilines is 1. The van der Waals surface area contributed by atoms with Crippen LogP contribution in [0.2, 0.25) is 5.02 Å². The van der Waals surface area contributed by atoms with Crippen molar-refractivity contribution >= 4 is 35.1 Å². The first-order chi connectivity index (χ1) is 13.5. The van der Waals surface area contributed by atoms with Gasteiger partial charge in [-0.2, -0.15) is 0 Å². The number of piperidine rings is 1. The summed E-state index contributed by atoms with van der Waals surface area (Å²) in [4.78, 5) is 48.1. The van der Waals surface area contributed by atoms with Gasteiger partial charge >= 0.3 is 6.03 Å². The van der Waals surface area contributed by atoms with Gasteiger partial charge in [0, 0.05) is 25.0 Å². The van der Waals surface area contributed by atoms with Crippen molar-refractivity contribution in [1.82, 2.24) is 20.2 Å². The summed E-state index contributed by atoms with van der Waals surface area (Å²) in [6.45, 7) is 0.312. The van der Waals surface area contributed by atoms with E-state index in [1.165, 1.54) is 35.6 Å². The van der Waals surface area contributed by atoms with Crippen LogP contribution in [0.15, 0.2) is 36.8 Å². The summed E-state index contributed by atoms with van der Waals surface area (Å²) in [6.07, 6.45) is 5.02. The number of nitrogens with zero attached hydrogens (tertiary/aromatic N) is 4. The van der Waals surface area contributed by atoms with Crippen molar-refractivity contribution in [1.29, 1.82) is 0 Å². The van der Waals surface area contributed by atoms with Crippen LogP contribution in [0.25, 0.3) is 0 Å². The monoisotopic (exact) mass is 403 g/mol. The second-order valence-corrected chi connectivity index (χ2v) is 6.96. The number of nitrogens with one attached hydrogen (secondary N) is 1. The van der Waals surface area contributed by atoms with Gasteiger partial charge in [-0.15, -0.1) is 0 Å². The van der Waals surface area contributed by atoms with E-state index in [1.807, 2.05) is 0 Å². The van der Waals surface area contributed by atoms with E-state index in [1.54, 1.807) is 0 Å². The maximum atomic E-state index is 13.4. The van der Waals surface area contributed by atoms with Gasteiger partial charge in [0.1, 0.15) is 17.6 Å². The predicted octanol–water partition coefficient (Wildman–Crippen LogP) is 2.00. The van der Waals surface area contributed by atoms with Gasteiger partial charge in [-0.25, -0.2) is 19.1 Å². The van der Waals surface area contributed by atoms with E-state index in [9.17, 15) is 18.8 Å². The Labute approximate surface area is 164 Å². The molecule has 10 heteroatoms. The molecule has 4 amide bonds. The quantitative estimate of drug-likeness (QED) is 0.791. The number of urea groups is 1. The SMILES string of the molecule is O=C(N[C@H]1CCN2C(=O)N(c3ccc(F)c(Cl)c3)C(=O)[C@@H]2C1)c1cnccn1. The fourth-order valence-corrected chi connectivity index (χ4v) is 3.64. The smallest absolute Gasteiger partial charge is 0.332 e. The molecule has 8 nitrogen and oxygen atoms in total. The fraction of sp³-hybridized carbons (Fsp3) is 0.278. The highest BCUT2D eigenvalue weighted by atomic mass is 35.5. The van der Waals surface area contributed by atoms with E-state index in [0.29, 0.717) is 13.0 Å². The highest BCUT2D eigenvalue weighted by Gasteiger charge is 2.48. The van der Waals surface area contributed by atoms with Gasteiger partial charge in [0.05, 0.1) is 16.9 Å². The summed E-state index contributed by atoms with van der Waals surface area (Å²) in [5, 5.41) is 2.66. The predicted molar refractivity (Wildman–Crippen MR) is 97.3 cm³/mol. The zero-order chi connectivity index (χ0) is 19.8. The van der Waals surface area contributed by atoms with E-state index in [-0.39, 0.29) is 34.8 Å². The Hall–Kier alpha value is -3.07. The molecule has 4 rings (SSSR count). The van der Waals surface area contributed by atoms with Gasteiger partial charge in [-0.1, -0.05) is 11.6 Å². The number of carbonyl (C=O) groups is 3. The van der Waals surface area contributed by atoms with Crippen LogP contribution in [0, 0.1) is 5.82 Å². The van der Waals surface area contributed by atoms with Crippen LogP contribution in [0.4, 0.5) is 14.9 Å². The molecule has 0 saturated carbocycles. The number of benzene rings is 1. The molecular formula is C18H15ClFN5O3. The maximum absolute atomic E-state index is 13.4. The number of amides is 4. The van der Waals surface area contributed by atoms with Crippen LogP contribution in [0.1, 0.15) is 23.3 Å². The van der Waals surface area contributed by atoms with Crippen molar-refractivity contribution in [3.8, 4) is 0 Å². The van der Waals surface area contributed by atoms with E-state index in [0.717, 1.165) is 11.0 Å². The van der Waals surface area contributed by atoms with Gasteiger partial charge < -0.3 is 10.2 Å². The molecule has 1 N–H and O–H groups in total. The van der Waals surface area contributed by atoms with Gasteiger partial charge in [-0.05, 0) is 31.0 Å². The lowest BCUT2D eigenvalue weighted by atomic mass is 9.98. The minimum atomic E-state index is -0.697. The Morgan fingerprint density at radius 1 is 1.29 bits per heavy atom. The number of carbonyl (C=O) groups excluding carboxylic acids is 3. The van der Waals surface area contributed by atoms with Crippen LogP contribution in [-0.2, 0) is 4.79 Å². The number of imide groups is 1. The average molecular weight is 404 g/mol. The van der Waals surface area contributed by atoms with E-state index >= 15 is 0 Å². The Morgan fingerprint density at radius 2 is 2.11 bits per heavy atom. The molecule has 0 aliphatic carbocycles. The van der Waals surface area contributed by atoms with Gasteiger partial charge in [0.25, 0.3) is 11.8 Å². The molecule has 0 unspecified atom stereocenters.